The molecule has 1 saturated heterocycles. The van der Waals surface area contributed by atoms with E-state index in [0.717, 1.165) is 42.6 Å². The number of benzene rings is 1. The number of pyridine rings is 1. The van der Waals surface area contributed by atoms with Crippen LogP contribution in [0.25, 0.3) is 22.5 Å². The lowest BCUT2D eigenvalue weighted by Crippen LogP contribution is -2.48. The largest absolute Gasteiger partial charge is 0.443 e. The first-order valence-corrected chi connectivity index (χ1v) is 8.80. The summed E-state index contributed by atoms with van der Waals surface area (Å²) in [6.45, 7) is 4.10. The fourth-order valence-corrected chi connectivity index (χ4v) is 3.33. The Labute approximate surface area is 152 Å². The van der Waals surface area contributed by atoms with Crippen LogP contribution in [0.2, 0.25) is 0 Å². The molecule has 1 fully saturated rings. The summed E-state index contributed by atoms with van der Waals surface area (Å²) in [6.07, 6.45) is 6.79. The second kappa shape index (κ2) is 6.46. The van der Waals surface area contributed by atoms with Gasteiger partial charge in [0.05, 0.1) is 6.20 Å². The Hall–Kier alpha value is -2.86. The summed E-state index contributed by atoms with van der Waals surface area (Å²) in [7, 11) is 0. The third kappa shape index (κ3) is 3.28. The van der Waals surface area contributed by atoms with E-state index < -0.39 is 0 Å². The first-order valence-electron chi connectivity index (χ1n) is 8.80. The number of nitrogens with zero attached hydrogens (tertiary/aromatic N) is 3. The number of nitrogens with two attached hydrogens (primary N) is 2. The molecule has 3 aromatic rings. The van der Waals surface area contributed by atoms with E-state index in [1.54, 1.807) is 12.4 Å². The molecular formula is C20H23N5O. The SMILES string of the molecule is CC1(N)CCN(c2ccc(-c3cc(-c4cnco4)cnc3N)cc2)CC1. The Balaban J connectivity index is 1.58. The van der Waals surface area contributed by atoms with Crippen molar-refractivity contribution in [3.63, 3.8) is 0 Å². The van der Waals surface area contributed by atoms with Crippen molar-refractivity contribution in [1.29, 1.82) is 0 Å². The van der Waals surface area contributed by atoms with Gasteiger partial charge in [0.15, 0.2) is 12.2 Å². The fourth-order valence-electron chi connectivity index (χ4n) is 3.33. The van der Waals surface area contributed by atoms with Gasteiger partial charge in [0.2, 0.25) is 0 Å². The van der Waals surface area contributed by atoms with Gasteiger partial charge in [0.25, 0.3) is 0 Å². The van der Waals surface area contributed by atoms with Crippen molar-refractivity contribution in [1.82, 2.24) is 9.97 Å². The molecule has 0 atom stereocenters. The van der Waals surface area contributed by atoms with Gasteiger partial charge in [-0.25, -0.2) is 9.97 Å². The number of oxazole rings is 1. The van der Waals surface area contributed by atoms with E-state index in [1.807, 2.05) is 6.07 Å². The number of piperidine rings is 1. The Morgan fingerprint density at radius 2 is 1.81 bits per heavy atom. The minimum Gasteiger partial charge on any atom is -0.443 e. The number of anilines is 2. The zero-order valence-electron chi connectivity index (χ0n) is 14.9. The summed E-state index contributed by atoms with van der Waals surface area (Å²) in [5.41, 5.74) is 16.3. The van der Waals surface area contributed by atoms with Crippen LogP contribution in [-0.2, 0) is 0 Å². The van der Waals surface area contributed by atoms with E-state index in [0.29, 0.717) is 11.6 Å². The molecule has 3 heterocycles. The second-order valence-electron chi connectivity index (χ2n) is 7.21. The first-order chi connectivity index (χ1) is 12.5. The maximum absolute atomic E-state index is 6.23. The van der Waals surface area contributed by atoms with Crippen molar-refractivity contribution in [3.8, 4) is 22.5 Å². The Bertz CT molecular complexity index is 877. The van der Waals surface area contributed by atoms with Gasteiger partial charge in [-0.3, -0.25) is 0 Å². The molecule has 0 bridgehead atoms. The number of rotatable bonds is 3. The summed E-state index contributed by atoms with van der Waals surface area (Å²) in [5.74, 6) is 1.17. The molecule has 1 aliphatic heterocycles. The maximum Gasteiger partial charge on any atom is 0.181 e. The van der Waals surface area contributed by atoms with E-state index in [2.05, 4.69) is 46.1 Å². The lowest BCUT2D eigenvalue weighted by atomic mass is 9.90. The molecule has 1 aliphatic rings. The highest BCUT2D eigenvalue weighted by molar-refractivity contribution is 5.78. The maximum atomic E-state index is 6.23. The zero-order chi connectivity index (χ0) is 18.1. The summed E-state index contributed by atoms with van der Waals surface area (Å²) >= 11 is 0. The van der Waals surface area contributed by atoms with Crippen LogP contribution in [0.4, 0.5) is 11.5 Å². The number of nitrogen functional groups attached to an aromatic ring is 1. The molecule has 0 amide bonds. The Morgan fingerprint density at radius 1 is 1.08 bits per heavy atom. The summed E-state index contributed by atoms with van der Waals surface area (Å²) in [5, 5.41) is 0. The molecule has 0 unspecified atom stereocenters. The Morgan fingerprint density at radius 3 is 2.46 bits per heavy atom. The van der Waals surface area contributed by atoms with Gasteiger partial charge in [-0.15, -0.1) is 0 Å². The van der Waals surface area contributed by atoms with Crippen LogP contribution >= 0.6 is 0 Å². The first kappa shape index (κ1) is 16.6. The van der Waals surface area contributed by atoms with Crippen LogP contribution in [0.5, 0.6) is 0 Å². The average Bonchev–Trinajstić information content (AvgIpc) is 3.17. The number of aromatic nitrogens is 2. The van der Waals surface area contributed by atoms with Crippen LogP contribution in [0.3, 0.4) is 0 Å². The highest BCUT2D eigenvalue weighted by atomic mass is 16.3. The van der Waals surface area contributed by atoms with Crippen LogP contribution < -0.4 is 16.4 Å². The molecule has 0 spiro atoms. The minimum absolute atomic E-state index is 0.0439. The van der Waals surface area contributed by atoms with Crippen molar-refractivity contribution < 1.29 is 4.42 Å². The van der Waals surface area contributed by atoms with Crippen LogP contribution in [0.1, 0.15) is 19.8 Å². The average molecular weight is 349 g/mol. The molecule has 0 radical (unpaired) electrons. The van der Waals surface area contributed by atoms with Crippen LogP contribution in [0, 0.1) is 0 Å². The molecule has 4 N–H and O–H groups in total. The van der Waals surface area contributed by atoms with E-state index in [-0.39, 0.29) is 5.54 Å². The predicted octanol–water partition coefficient (Wildman–Crippen LogP) is 3.30. The van der Waals surface area contributed by atoms with Crippen LogP contribution in [-0.4, -0.2) is 28.6 Å². The predicted molar refractivity (Wildman–Crippen MR) is 104 cm³/mol. The standard InChI is InChI=1S/C20H23N5O/c1-20(22)6-8-25(9-7-20)16-4-2-14(3-5-16)17-10-15(11-24-19(17)21)18-12-23-13-26-18/h2-5,10-13H,6-9,22H2,1H3,(H2,21,24). The lowest BCUT2D eigenvalue weighted by Gasteiger charge is -2.38. The summed E-state index contributed by atoms with van der Waals surface area (Å²) in [4.78, 5) is 10.6. The minimum atomic E-state index is -0.0439. The van der Waals surface area contributed by atoms with Crippen molar-refractivity contribution in [2.45, 2.75) is 25.3 Å². The highest BCUT2D eigenvalue weighted by Crippen LogP contribution is 2.31. The monoisotopic (exact) mass is 349 g/mol. The molecule has 6 heteroatoms. The molecule has 1 aromatic carbocycles. The Kier molecular flexibility index (Phi) is 4.12. The van der Waals surface area contributed by atoms with Gasteiger partial charge in [-0.1, -0.05) is 12.1 Å². The molecular weight excluding hydrogens is 326 g/mol. The van der Waals surface area contributed by atoms with Crippen molar-refractivity contribution in [3.05, 3.63) is 49.1 Å². The van der Waals surface area contributed by atoms with Crippen LogP contribution in [0.15, 0.2) is 53.5 Å². The van der Waals surface area contributed by atoms with Gasteiger partial charge < -0.3 is 20.8 Å². The molecule has 6 nitrogen and oxygen atoms in total. The topological polar surface area (TPSA) is 94.2 Å². The quantitative estimate of drug-likeness (QED) is 0.753. The van der Waals surface area contributed by atoms with E-state index >= 15 is 0 Å². The third-order valence-corrected chi connectivity index (χ3v) is 5.08. The van der Waals surface area contributed by atoms with Gasteiger partial charge in [0.1, 0.15) is 5.82 Å². The van der Waals surface area contributed by atoms with Crippen molar-refractivity contribution >= 4 is 11.5 Å². The van der Waals surface area contributed by atoms with Crippen molar-refractivity contribution in [2.24, 2.45) is 5.73 Å². The normalized spacial score (nSPS) is 16.6. The van der Waals surface area contributed by atoms with E-state index in [9.17, 15) is 0 Å². The number of hydrogen-bond donors (Lipinski definition) is 2. The van der Waals surface area contributed by atoms with Gasteiger partial charge in [-0.05, 0) is 43.5 Å². The molecule has 0 saturated carbocycles. The van der Waals surface area contributed by atoms with Crippen molar-refractivity contribution in [2.75, 3.05) is 23.7 Å². The lowest BCUT2D eigenvalue weighted by molar-refractivity contribution is 0.364. The van der Waals surface area contributed by atoms with Gasteiger partial charge in [0, 0.05) is 41.6 Å². The third-order valence-electron chi connectivity index (χ3n) is 5.08. The highest BCUT2D eigenvalue weighted by Gasteiger charge is 2.25. The zero-order valence-corrected chi connectivity index (χ0v) is 14.9. The van der Waals surface area contributed by atoms with E-state index in [4.69, 9.17) is 15.9 Å². The summed E-state index contributed by atoms with van der Waals surface area (Å²) in [6, 6.07) is 10.4. The smallest absolute Gasteiger partial charge is 0.181 e. The second-order valence-corrected chi connectivity index (χ2v) is 7.21. The number of hydrogen-bond acceptors (Lipinski definition) is 6. The molecule has 4 rings (SSSR count). The van der Waals surface area contributed by atoms with E-state index in [1.165, 1.54) is 12.1 Å². The molecule has 2 aromatic heterocycles. The van der Waals surface area contributed by atoms with Gasteiger partial charge >= 0.3 is 0 Å². The van der Waals surface area contributed by atoms with Gasteiger partial charge in [-0.2, -0.15) is 0 Å². The molecule has 0 aliphatic carbocycles. The molecule has 134 valence electrons. The fraction of sp³-hybridized carbons (Fsp3) is 0.300. The molecule has 26 heavy (non-hydrogen) atoms. The summed E-state index contributed by atoms with van der Waals surface area (Å²) < 4.78 is 5.36.